The summed E-state index contributed by atoms with van der Waals surface area (Å²) in [6.45, 7) is 10.8. The Labute approximate surface area is 69.1 Å². The van der Waals surface area contributed by atoms with Crippen molar-refractivity contribution in [3.63, 3.8) is 0 Å². The summed E-state index contributed by atoms with van der Waals surface area (Å²) in [6.07, 6.45) is 6.47. The van der Waals surface area contributed by atoms with E-state index in [1.165, 1.54) is 5.57 Å². The minimum atomic E-state index is 0.766. The van der Waals surface area contributed by atoms with Gasteiger partial charge in [0.05, 0.1) is 6.61 Å². The molecule has 0 amide bonds. The summed E-state index contributed by atoms with van der Waals surface area (Å²) in [7, 11) is 0. The van der Waals surface area contributed by atoms with Gasteiger partial charge in [-0.05, 0) is 18.9 Å². The van der Waals surface area contributed by atoms with Gasteiger partial charge in [-0.3, -0.25) is 0 Å². The zero-order valence-electron chi connectivity index (χ0n) is 7.18. The van der Waals surface area contributed by atoms with E-state index >= 15 is 0 Å². The molecule has 1 heteroatoms. The number of ether oxygens (including phenoxy) is 1. The van der Waals surface area contributed by atoms with Crippen LogP contribution in [-0.2, 0) is 4.74 Å². The van der Waals surface area contributed by atoms with E-state index in [2.05, 4.69) is 13.2 Å². The van der Waals surface area contributed by atoms with E-state index in [1.54, 1.807) is 6.08 Å². The van der Waals surface area contributed by atoms with Crippen molar-refractivity contribution in [2.24, 2.45) is 0 Å². The molecule has 0 aliphatic rings. The predicted octanol–water partition coefficient (Wildman–Crippen LogP) is 2.71. The molecule has 0 radical (unpaired) electrons. The second-order valence-electron chi connectivity index (χ2n) is 2.13. The second kappa shape index (κ2) is 7.29. The van der Waals surface area contributed by atoms with Crippen LogP contribution in [0.25, 0.3) is 0 Å². The maximum atomic E-state index is 5.19. The first-order valence-electron chi connectivity index (χ1n) is 3.87. The third kappa shape index (κ3) is 5.62. The van der Waals surface area contributed by atoms with Crippen LogP contribution < -0.4 is 0 Å². The van der Waals surface area contributed by atoms with Crippen LogP contribution in [0.4, 0.5) is 0 Å². The molecule has 0 atom stereocenters. The molecule has 0 spiro atoms. The van der Waals surface area contributed by atoms with Crippen molar-refractivity contribution in [2.75, 3.05) is 13.2 Å². The fraction of sp³-hybridized carbons (Fsp3) is 0.400. The van der Waals surface area contributed by atoms with Crippen molar-refractivity contribution >= 4 is 0 Å². The van der Waals surface area contributed by atoms with Crippen molar-refractivity contribution in [3.05, 3.63) is 37.0 Å². The zero-order chi connectivity index (χ0) is 8.53. The van der Waals surface area contributed by atoms with Gasteiger partial charge in [0.1, 0.15) is 0 Å². The average molecular weight is 152 g/mol. The van der Waals surface area contributed by atoms with Gasteiger partial charge in [0, 0.05) is 6.61 Å². The first-order valence-corrected chi connectivity index (χ1v) is 3.87. The number of rotatable bonds is 6. The van der Waals surface area contributed by atoms with Crippen LogP contribution in [0, 0.1) is 0 Å². The lowest BCUT2D eigenvalue weighted by atomic mass is 10.2. The van der Waals surface area contributed by atoms with Gasteiger partial charge >= 0.3 is 0 Å². The fourth-order valence-electron chi connectivity index (χ4n) is 0.739. The van der Waals surface area contributed by atoms with E-state index in [0.717, 1.165) is 19.6 Å². The molecule has 0 aromatic carbocycles. The first kappa shape index (κ1) is 10.2. The van der Waals surface area contributed by atoms with Crippen molar-refractivity contribution in [3.8, 4) is 0 Å². The lowest BCUT2D eigenvalue weighted by Gasteiger charge is -2.00. The van der Waals surface area contributed by atoms with Crippen molar-refractivity contribution in [1.29, 1.82) is 0 Å². The van der Waals surface area contributed by atoms with Gasteiger partial charge in [0.2, 0.25) is 0 Å². The highest BCUT2D eigenvalue weighted by atomic mass is 16.5. The molecule has 0 unspecified atom stereocenters. The van der Waals surface area contributed by atoms with E-state index in [9.17, 15) is 0 Å². The van der Waals surface area contributed by atoms with Crippen LogP contribution in [0.1, 0.15) is 13.3 Å². The largest absolute Gasteiger partial charge is 0.381 e. The molecule has 0 fully saturated rings. The Morgan fingerprint density at radius 2 is 2.18 bits per heavy atom. The highest BCUT2D eigenvalue weighted by Crippen LogP contribution is 2.02. The van der Waals surface area contributed by atoms with Crippen LogP contribution in [-0.4, -0.2) is 13.2 Å². The highest BCUT2D eigenvalue weighted by Gasteiger charge is 1.89. The Hall–Kier alpha value is -0.820. The molecule has 0 heterocycles. The Kier molecular flexibility index (Phi) is 6.75. The average Bonchev–Trinajstić information content (AvgIpc) is 2.03. The molecule has 0 aliphatic carbocycles. The van der Waals surface area contributed by atoms with E-state index < -0.39 is 0 Å². The zero-order valence-corrected chi connectivity index (χ0v) is 7.18. The normalized spacial score (nSPS) is 11.2. The molecule has 0 bridgehead atoms. The molecule has 0 rings (SSSR count). The molecule has 0 aromatic rings. The van der Waals surface area contributed by atoms with Gasteiger partial charge in [-0.1, -0.05) is 31.4 Å². The molecule has 62 valence electrons. The van der Waals surface area contributed by atoms with E-state index in [0.29, 0.717) is 0 Å². The summed E-state index contributed by atoms with van der Waals surface area (Å²) >= 11 is 0. The molecule has 0 N–H and O–H groups in total. The Bertz CT molecular complexity index is 145. The second-order valence-corrected chi connectivity index (χ2v) is 2.13. The molecule has 0 aliphatic heterocycles. The summed E-state index contributed by atoms with van der Waals surface area (Å²) in [4.78, 5) is 0. The van der Waals surface area contributed by atoms with Gasteiger partial charge in [0.15, 0.2) is 0 Å². The van der Waals surface area contributed by atoms with Crippen molar-refractivity contribution in [1.82, 2.24) is 0 Å². The maximum Gasteiger partial charge on any atom is 0.0506 e. The Morgan fingerprint density at radius 3 is 2.64 bits per heavy atom. The number of allylic oxidation sites excluding steroid dienone is 3. The van der Waals surface area contributed by atoms with Gasteiger partial charge in [-0.2, -0.15) is 0 Å². The van der Waals surface area contributed by atoms with Gasteiger partial charge < -0.3 is 4.74 Å². The van der Waals surface area contributed by atoms with E-state index in [-0.39, 0.29) is 0 Å². The molecule has 0 saturated carbocycles. The summed E-state index contributed by atoms with van der Waals surface area (Å²) in [6, 6.07) is 0. The minimum Gasteiger partial charge on any atom is -0.381 e. The van der Waals surface area contributed by atoms with Crippen LogP contribution in [0.2, 0.25) is 0 Å². The molecule has 1 nitrogen and oxygen atoms in total. The molecule has 11 heavy (non-hydrogen) atoms. The Balaban J connectivity index is 3.60. The molecular weight excluding hydrogens is 136 g/mol. The third-order valence-corrected chi connectivity index (χ3v) is 1.33. The third-order valence-electron chi connectivity index (χ3n) is 1.33. The van der Waals surface area contributed by atoms with Gasteiger partial charge in [-0.15, -0.1) is 0 Å². The minimum absolute atomic E-state index is 0.766. The van der Waals surface area contributed by atoms with Gasteiger partial charge in [-0.25, -0.2) is 0 Å². The lowest BCUT2D eigenvalue weighted by molar-refractivity contribution is 0.151. The quantitative estimate of drug-likeness (QED) is 0.420. The lowest BCUT2D eigenvalue weighted by Crippen LogP contribution is -1.93. The SMILES string of the molecule is C=C/C=C(\C=C)CCOCC. The predicted molar refractivity (Wildman–Crippen MR) is 49.6 cm³/mol. The van der Waals surface area contributed by atoms with Crippen molar-refractivity contribution in [2.45, 2.75) is 13.3 Å². The summed E-state index contributed by atoms with van der Waals surface area (Å²) in [5.74, 6) is 0. The maximum absolute atomic E-state index is 5.19. The first-order chi connectivity index (χ1) is 5.35. The summed E-state index contributed by atoms with van der Waals surface area (Å²) in [5, 5.41) is 0. The highest BCUT2D eigenvalue weighted by molar-refractivity contribution is 5.20. The van der Waals surface area contributed by atoms with Gasteiger partial charge in [0.25, 0.3) is 0 Å². The molecular formula is C10H16O. The monoisotopic (exact) mass is 152 g/mol. The van der Waals surface area contributed by atoms with Crippen LogP contribution >= 0.6 is 0 Å². The topological polar surface area (TPSA) is 9.23 Å². The van der Waals surface area contributed by atoms with Crippen molar-refractivity contribution < 1.29 is 4.74 Å². The van der Waals surface area contributed by atoms with Crippen LogP contribution in [0.5, 0.6) is 0 Å². The fourth-order valence-corrected chi connectivity index (χ4v) is 0.739. The number of hydrogen-bond acceptors (Lipinski definition) is 1. The van der Waals surface area contributed by atoms with Crippen LogP contribution in [0.15, 0.2) is 37.0 Å². The van der Waals surface area contributed by atoms with E-state index in [1.807, 2.05) is 19.1 Å². The van der Waals surface area contributed by atoms with Crippen LogP contribution in [0.3, 0.4) is 0 Å². The molecule has 0 saturated heterocycles. The Morgan fingerprint density at radius 1 is 1.45 bits per heavy atom. The molecule has 0 aromatic heterocycles. The smallest absolute Gasteiger partial charge is 0.0506 e. The van der Waals surface area contributed by atoms with E-state index in [4.69, 9.17) is 4.74 Å². The standard InChI is InChI=1S/C10H16O/c1-4-7-10(5-2)8-9-11-6-3/h4-5,7H,1-2,6,8-9H2,3H3/b10-7+. The number of hydrogen-bond donors (Lipinski definition) is 0. The summed E-state index contributed by atoms with van der Waals surface area (Å²) < 4.78 is 5.19. The summed E-state index contributed by atoms with van der Waals surface area (Å²) in [5.41, 5.74) is 1.17.